The number of aryl methyl sites for hydroxylation is 1. The van der Waals surface area contributed by atoms with Gasteiger partial charge in [0.15, 0.2) is 11.5 Å². The first-order valence-corrected chi connectivity index (χ1v) is 8.91. The predicted molar refractivity (Wildman–Crippen MR) is 108 cm³/mol. The van der Waals surface area contributed by atoms with Gasteiger partial charge in [0, 0.05) is 12.6 Å². The molecule has 0 unspecified atom stereocenters. The number of para-hydroxylation sites is 1. The highest BCUT2D eigenvalue weighted by Crippen LogP contribution is 2.27. The van der Waals surface area contributed by atoms with Gasteiger partial charge in [-0.3, -0.25) is 0 Å². The van der Waals surface area contributed by atoms with Crippen LogP contribution in [0.1, 0.15) is 11.4 Å². The summed E-state index contributed by atoms with van der Waals surface area (Å²) >= 11 is 0. The molecule has 2 N–H and O–H groups in total. The molecule has 0 saturated carbocycles. The van der Waals surface area contributed by atoms with Gasteiger partial charge in [0.2, 0.25) is 0 Å². The van der Waals surface area contributed by atoms with E-state index >= 15 is 0 Å². The Kier molecular flexibility index (Phi) is 6.26. The van der Waals surface area contributed by atoms with E-state index in [-0.39, 0.29) is 5.82 Å². The number of aromatic nitrogens is 2. The minimum atomic E-state index is -0.332. The maximum absolute atomic E-state index is 13.8. The third-order valence-corrected chi connectivity index (χ3v) is 4.14. The number of nitrogens with one attached hydrogen (secondary N) is 2. The van der Waals surface area contributed by atoms with Gasteiger partial charge in [-0.25, -0.2) is 14.4 Å². The van der Waals surface area contributed by atoms with Crippen molar-refractivity contribution in [3.8, 4) is 11.5 Å². The van der Waals surface area contributed by atoms with Crippen LogP contribution in [-0.2, 0) is 6.42 Å². The molecule has 0 bridgehead atoms. The van der Waals surface area contributed by atoms with E-state index in [9.17, 15) is 4.39 Å². The Labute approximate surface area is 163 Å². The molecule has 28 heavy (non-hydrogen) atoms. The van der Waals surface area contributed by atoms with Gasteiger partial charge in [-0.2, -0.15) is 0 Å². The van der Waals surface area contributed by atoms with Gasteiger partial charge in [0.1, 0.15) is 23.3 Å². The molecular formula is C21H23FN4O2. The molecule has 1 aromatic heterocycles. The Balaban J connectivity index is 1.65. The first-order chi connectivity index (χ1) is 13.6. The van der Waals surface area contributed by atoms with E-state index < -0.39 is 0 Å². The van der Waals surface area contributed by atoms with Crippen LogP contribution in [0.4, 0.5) is 21.7 Å². The maximum atomic E-state index is 13.8. The Morgan fingerprint density at radius 1 is 0.929 bits per heavy atom. The van der Waals surface area contributed by atoms with E-state index in [0.717, 1.165) is 12.0 Å². The third-order valence-electron chi connectivity index (χ3n) is 4.14. The third kappa shape index (κ3) is 4.88. The van der Waals surface area contributed by atoms with Crippen molar-refractivity contribution in [1.82, 2.24) is 9.97 Å². The number of hydrogen-bond donors (Lipinski definition) is 2. The molecular weight excluding hydrogens is 359 g/mol. The highest BCUT2D eigenvalue weighted by molar-refractivity contribution is 5.59. The van der Waals surface area contributed by atoms with Crippen molar-refractivity contribution in [2.75, 3.05) is 31.4 Å². The second-order valence-electron chi connectivity index (χ2n) is 6.16. The van der Waals surface area contributed by atoms with Crippen molar-refractivity contribution < 1.29 is 13.9 Å². The molecule has 0 spiro atoms. The van der Waals surface area contributed by atoms with Crippen LogP contribution >= 0.6 is 0 Å². The molecule has 2 aromatic carbocycles. The van der Waals surface area contributed by atoms with Crippen LogP contribution in [0.3, 0.4) is 0 Å². The zero-order chi connectivity index (χ0) is 19.9. The van der Waals surface area contributed by atoms with Gasteiger partial charge >= 0.3 is 0 Å². The summed E-state index contributed by atoms with van der Waals surface area (Å²) in [5.74, 6) is 2.87. The molecule has 6 nitrogen and oxygen atoms in total. The number of nitrogens with zero attached hydrogens (tertiary/aromatic N) is 2. The van der Waals surface area contributed by atoms with Gasteiger partial charge in [0.05, 0.1) is 19.9 Å². The summed E-state index contributed by atoms with van der Waals surface area (Å²) in [6, 6.07) is 14.1. The van der Waals surface area contributed by atoms with E-state index in [2.05, 4.69) is 20.6 Å². The topological polar surface area (TPSA) is 68.3 Å². The molecule has 3 aromatic rings. The van der Waals surface area contributed by atoms with E-state index in [1.807, 2.05) is 18.2 Å². The standard InChI is InChI=1S/C21H23FN4O2/c1-14-24-20(13-21(25-14)26-17-7-5-4-6-16(17)22)23-11-10-15-8-9-18(27-2)19(12-15)28-3/h4-9,12-13H,10-11H2,1-3H3,(H2,23,24,25,26). The van der Waals surface area contributed by atoms with Crippen molar-refractivity contribution in [2.24, 2.45) is 0 Å². The first-order valence-electron chi connectivity index (χ1n) is 8.91. The number of rotatable bonds is 8. The Bertz CT molecular complexity index is 949. The SMILES string of the molecule is COc1ccc(CCNc2cc(Nc3ccccc3F)nc(C)n2)cc1OC. The molecule has 3 rings (SSSR count). The van der Waals surface area contributed by atoms with Gasteiger partial charge in [-0.1, -0.05) is 18.2 Å². The molecule has 0 aliphatic heterocycles. The van der Waals surface area contributed by atoms with Crippen LogP contribution in [0.15, 0.2) is 48.5 Å². The predicted octanol–water partition coefficient (Wildman–Crippen LogP) is 4.34. The lowest BCUT2D eigenvalue weighted by Crippen LogP contribution is -2.09. The quantitative estimate of drug-likeness (QED) is 0.604. The van der Waals surface area contributed by atoms with Crippen LogP contribution in [0.2, 0.25) is 0 Å². The minimum Gasteiger partial charge on any atom is -0.493 e. The fourth-order valence-electron chi connectivity index (χ4n) is 2.79. The summed E-state index contributed by atoms with van der Waals surface area (Å²) in [7, 11) is 3.23. The van der Waals surface area contributed by atoms with E-state index in [1.165, 1.54) is 6.07 Å². The Morgan fingerprint density at radius 2 is 1.68 bits per heavy atom. The van der Waals surface area contributed by atoms with Gasteiger partial charge in [0.25, 0.3) is 0 Å². The summed E-state index contributed by atoms with van der Waals surface area (Å²) in [6.45, 7) is 2.47. The average Bonchev–Trinajstić information content (AvgIpc) is 2.69. The van der Waals surface area contributed by atoms with Crippen LogP contribution in [0, 0.1) is 12.7 Å². The first kappa shape index (κ1) is 19.4. The van der Waals surface area contributed by atoms with Crippen molar-refractivity contribution in [3.63, 3.8) is 0 Å². The molecule has 0 radical (unpaired) electrons. The van der Waals surface area contributed by atoms with Gasteiger partial charge in [-0.05, 0) is 43.2 Å². The van der Waals surface area contributed by atoms with Gasteiger partial charge < -0.3 is 20.1 Å². The minimum absolute atomic E-state index is 0.332. The lowest BCUT2D eigenvalue weighted by atomic mass is 10.1. The van der Waals surface area contributed by atoms with Crippen molar-refractivity contribution in [2.45, 2.75) is 13.3 Å². The zero-order valence-electron chi connectivity index (χ0n) is 16.1. The van der Waals surface area contributed by atoms with Crippen molar-refractivity contribution >= 4 is 17.3 Å². The fraction of sp³-hybridized carbons (Fsp3) is 0.238. The number of ether oxygens (including phenoxy) is 2. The molecule has 0 saturated heterocycles. The van der Waals surface area contributed by atoms with Gasteiger partial charge in [-0.15, -0.1) is 0 Å². The van der Waals surface area contributed by atoms with E-state index in [0.29, 0.717) is 41.2 Å². The molecule has 0 atom stereocenters. The molecule has 0 aliphatic rings. The number of methoxy groups -OCH3 is 2. The fourth-order valence-corrected chi connectivity index (χ4v) is 2.79. The second kappa shape index (κ2) is 9.03. The zero-order valence-corrected chi connectivity index (χ0v) is 16.1. The maximum Gasteiger partial charge on any atom is 0.160 e. The molecule has 146 valence electrons. The monoisotopic (exact) mass is 382 g/mol. The summed E-state index contributed by atoms with van der Waals surface area (Å²) in [5.41, 5.74) is 1.48. The highest BCUT2D eigenvalue weighted by Gasteiger charge is 2.07. The largest absolute Gasteiger partial charge is 0.493 e. The number of halogens is 1. The molecule has 1 heterocycles. The molecule has 0 amide bonds. The van der Waals surface area contributed by atoms with Crippen LogP contribution < -0.4 is 20.1 Å². The van der Waals surface area contributed by atoms with Crippen LogP contribution in [-0.4, -0.2) is 30.7 Å². The number of benzene rings is 2. The Hall–Kier alpha value is -3.35. The summed E-state index contributed by atoms with van der Waals surface area (Å²) < 4.78 is 24.4. The van der Waals surface area contributed by atoms with E-state index in [4.69, 9.17) is 9.47 Å². The lowest BCUT2D eigenvalue weighted by molar-refractivity contribution is 0.354. The van der Waals surface area contributed by atoms with Crippen molar-refractivity contribution in [3.05, 3.63) is 65.7 Å². The lowest BCUT2D eigenvalue weighted by Gasteiger charge is -2.12. The van der Waals surface area contributed by atoms with E-state index in [1.54, 1.807) is 45.4 Å². The molecule has 0 aliphatic carbocycles. The van der Waals surface area contributed by atoms with Crippen LogP contribution in [0.5, 0.6) is 11.5 Å². The molecule has 0 fully saturated rings. The van der Waals surface area contributed by atoms with Crippen molar-refractivity contribution in [1.29, 1.82) is 0 Å². The molecule has 7 heteroatoms. The normalized spacial score (nSPS) is 10.4. The summed E-state index contributed by atoms with van der Waals surface area (Å²) in [4.78, 5) is 8.71. The number of hydrogen-bond acceptors (Lipinski definition) is 6. The smallest absolute Gasteiger partial charge is 0.160 e. The van der Waals surface area contributed by atoms with Crippen LogP contribution in [0.25, 0.3) is 0 Å². The average molecular weight is 382 g/mol. The second-order valence-corrected chi connectivity index (χ2v) is 6.16. The Morgan fingerprint density at radius 3 is 2.43 bits per heavy atom. The highest BCUT2D eigenvalue weighted by atomic mass is 19.1. The summed E-state index contributed by atoms with van der Waals surface area (Å²) in [6.07, 6.45) is 0.777. The summed E-state index contributed by atoms with van der Waals surface area (Å²) in [5, 5.41) is 6.28. The number of anilines is 3.